The van der Waals surface area contributed by atoms with Gasteiger partial charge in [0.05, 0.1) is 6.54 Å². The molecule has 0 saturated heterocycles. The first-order valence-corrected chi connectivity index (χ1v) is 6.57. The number of sulfonamides is 1. The monoisotopic (exact) mass is 246 g/mol. The second-order valence-electron chi connectivity index (χ2n) is 3.58. The van der Waals surface area contributed by atoms with Gasteiger partial charge in [0.2, 0.25) is 10.0 Å². The molecular weight excluding hydrogens is 228 g/mol. The molecule has 0 aliphatic carbocycles. The molecule has 6 heteroatoms. The second-order valence-corrected chi connectivity index (χ2v) is 5.60. The Kier molecular flexibility index (Phi) is 4.12. The fourth-order valence-corrected chi connectivity index (χ4v) is 2.74. The molecule has 0 unspecified atom stereocenters. The van der Waals surface area contributed by atoms with Crippen LogP contribution in [0.3, 0.4) is 0 Å². The summed E-state index contributed by atoms with van der Waals surface area (Å²) in [5.41, 5.74) is 0. The van der Waals surface area contributed by atoms with Crippen molar-refractivity contribution in [2.45, 2.75) is 25.3 Å². The zero-order valence-corrected chi connectivity index (χ0v) is 10.9. The van der Waals surface area contributed by atoms with E-state index in [1.807, 2.05) is 0 Å². The van der Waals surface area contributed by atoms with E-state index in [1.54, 1.807) is 34.0 Å². The molecule has 92 valence electrons. The second kappa shape index (κ2) is 4.99. The summed E-state index contributed by atoms with van der Waals surface area (Å²) in [5, 5.41) is 2.92. The minimum Gasteiger partial charge on any atom is -0.464 e. The van der Waals surface area contributed by atoms with E-state index in [2.05, 4.69) is 5.32 Å². The average Bonchev–Trinajstić information content (AvgIpc) is 2.59. The van der Waals surface area contributed by atoms with Gasteiger partial charge in [-0.25, -0.2) is 12.7 Å². The lowest BCUT2D eigenvalue weighted by atomic mass is 10.4. The van der Waals surface area contributed by atoms with E-state index in [9.17, 15) is 8.42 Å². The Morgan fingerprint density at radius 1 is 1.50 bits per heavy atom. The number of nitrogens with zero attached hydrogens (tertiary/aromatic N) is 1. The molecule has 0 aromatic carbocycles. The van der Waals surface area contributed by atoms with Crippen molar-refractivity contribution < 1.29 is 12.8 Å². The topological polar surface area (TPSA) is 62.6 Å². The minimum atomic E-state index is -3.41. The van der Waals surface area contributed by atoms with Gasteiger partial charge in [-0.15, -0.1) is 0 Å². The van der Waals surface area contributed by atoms with Gasteiger partial charge in [-0.1, -0.05) is 6.92 Å². The summed E-state index contributed by atoms with van der Waals surface area (Å²) >= 11 is 0. The van der Waals surface area contributed by atoms with Gasteiger partial charge in [-0.2, -0.15) is 0 Å². The lowest BCUT2D eigenvalue weighted by Gasteiger charge is -2.13. The van der Waals surface area contributed by atoms with Gasteiger partial charge in [0.25, 0.3) is 0 Å². The molecular formula is C10H18N2O3S. The van der Waals surface area contributed by atoms with Crippen molar-refractivity contribution in [3.8, 4) is 0 Å². The minimum absolute atomic E-state index is 0.252. The van der Waals surface area contributed by atoms with Gasteiger partial charge in [0.15, 0.2) is 0 Å². The number of furan rings is 1. The highest BCUT2D eigenvalue weighted by Gasteiger charge is 2.24. The highest BCUT2D eigenvalue weighted by atomic mass is 32.2. The maximum absolute atomic E-state index is 12.0. The first kappa shape index (κ1) is 13.2. The SMILES string of the molecule is CCN(C)S(=O)(=O)c1cc(CNC)oc1C. The highest BCUT2D eigenvalue weighted by Crippen LogP contribution is 2.22. The Labute approximate surface area is 96.5 Å². The third kappa shape index (κ3) is 2.45. The molecule has 0 bridgehead atoms. The lowest BCUT2D eigenvalue weighted by molar-refractivity contribution is 0.459. The van der Waals surface area contributed by atoms with Crippen LogP contribution in [0.4, 0.5) is 0 Å². The standard InChI is InChI=1S/C10H18N2O3S/c1-5-12(4)16(13,14)10-6-9(7-11-3)15-8(10)2/h6,11H,5,7H2,1-4H3. The summed E-state index contributed by atoms with van der Waals surface area (Å²) in [4.78, 5) is 0.252. The molecule has 1 rings (SSSR count). The first-order chi connectivity index (χ1) is 7.43. The Balaban J connectivity index is 3.13. The molecule has 0 spiro atoms. The fourth-order valence-electron chi connectivity index (χ4n) is 1.38. The molecule has 16 heavy (non-hydrogen) atoms. The molecule has 5 nitrogen and oxygen atoms in total. The van der Waals surface area contributed by atoms with Crippen LogP contribution in [-0.4, -0.2) is 33.4 Å². The Hall–Kier alpha value is -0.850. The van der Waals surface area contributed by atoms with Gasteiger partial charge < -0.3 is 9.73 Å². The van der Waals surface area contributed by atoms with E-state index in [-0.39, 0.29) is 4.90 Å². The molecule has 0 aliphatic heterocycles. The van der Waals surface area contributed by atoms with Crippen LogP contribution in [0.15, 0.2) is 15.4 Å². The molecule has 0 amide bonds. The molecule has 0 saturated carbocycles. The summed E-state index contributed by atoms with van der Waals surface area (Å²) in [6.07, 6.45) is 0. The maximum atomic E-state index is 12.0. The summed E-state index contributed by atoms with van der Waals surface area (Å²) in [6, 6.07) is 1.58. The van der Waals surface area contributed by atoms with Crippen LogP contribution in [-0.2, 0) is 16.6 Å². The van der Waals surface area contributed by atoms with E-state index < -0.39 is 10.0 Å². The molecule has 1 aromatic rings. The third-order valence-corrected chi connectivity index (χ3v) is 4.45. The van der Waals surface area contributed by atoms with E-state index in [1.165, 1.54) is 4.31 Å². The number of rotatable bonds is 5. The summed E-state index contributed by atoms with van der Waals surface area (Å²) in [5.74, 6) is 1.06. The van der Waals surface area contributed by atoms with Crippen LogP contribution >= 0.6 is 0 Å². The summed E-state index contributed by atoms with van der Waals surface area (Å²) in [7, 11) is -0.0684. The molecule has 1 aromatic heterocycles. The quantitative estimate of drug-likeness (QED) is 0.840. The third-order valence-electron chi connectivity index (χ3n) is 2.41. The summed E-state index contributed by atoms with van der Waals surface area (Å²) in [6.45, 7) is 4.41. The fraction of sp³-hybridized carbons (Fsp3) is 0.600. The average molecular weight is 246 g/mol. The largest absolute Gasteiger partial charge is 0.464 e. The zero-order chi connectivity index (χ0) is 12.3. The van der Waals surface area contributed by atoms with Crippen molar-refractivity contribution in [3.63, 3.8) is 0 Å². The van der Waals surface area contributed by atoms with Gasteiger partial charge in [-0.3, -0.25) is 0 Å². The van der Waals surface area contributed by atoms with E-state index in [4.69, 9.17) is 4.42 Å². The van der Waals surface area contributed by atoms with Crippen molar-refractivity contribution in [3.05, 3.63) is 17.6 Å². The van der Waals surface area contributed by atoms with E-state index in [0.29, 0.717) is 24.6 Å². The predicted molar refractivity (Wildman–Crippen MR) is 61.7 cm³/mol. The van der Waals surface area contributed by atoms with Crippen molar-refractivity contribution in [1.29, 1.82) is 0 Å². The van der Waals surface area contributed by atoms with Crippen LogP contribution in [0.2, 0.25) is 0 Å². The molecule has 0 radical (unpaired) electrons. The Morgan fingerprint density at radius 2 is 2.12 bits per heavy atom. The molecule has 1 N–H and O–H groups in total. The van der Waals surface area contributed by atoms with Crippen molar-refractivity contribution >= 4 is 10.0 Å². The van der Waals surface area contributed by atoms with Crippen molar-refractivity contribution in [2.24, 2.45) is 0 Å². The normalized spacial score (nSPS) is 12.3. The Bertz CT molecular complexity index is 451. The number of hydrogen-bond acceptors (Lipinski definition) is 4. The van der Waals surface area contributed by atoms with E-state index >= 15 is 0 Å². The lowest BCUT2D eigenvalue weighted by Crippen LogP contribution is -2.26. The smallest absolute Gasteiger partial charge is 0.246 e. The maximum Gasteiger partial charge on any atom is 0.246 e. The first-order valence-electron chi connectivity index (χ1n) is 5.13. The van der Waals surface area contributed by atoms with Crippen LogP contribution in [0.25, 0.3) is 0 Å². The molecule has 1 heterocycles. The van der Waals surface area contributed by atoms with Crippen LogP contribution in [0.5, 0.6) is 0 Å². The van der Waals surface area contributed by atoms with Crippen LogP contribution in [0, 0.1) is 6.92 Å². The molecule has 0 atom stereocenters. The number of hydrogen-bond donors (Lipinski definition) is 1. The number of aryl methyl sites for hydroxylation is 1. The predicted octanol–water partition coefficient (Wildman–Crippen LogP) is 0.948. The summed E-state index contributed by atoms with van der Waals surface area (Å²) < 4.78 is 30.8. The molecule has 0 fully saturated rings. The Morgan fingerprint density at radius 3 is 2.62 bits per heavy atom. The van der Waals surface area contributed by atoms with Crippen LogP contribution in [0.1, 0.15) is 18.4 Å². The van der Waals surface area contributed by atoms with Gasteiger partial charge >= 0.3 is 0 Å². The van der Waals surface area contributed by atoms with Gasteiger partial charge in [0, 0.05) is 19.7 Å². The highest BCUT2D eigenvalue weighted by molar-refractivity contribution is 7.89. The molecule has 0 aliphatic rings. The zero-order valence-electron chi connectivity index (χ0n) is 10.1. The van der Waals surface area contributed by atoms with Crippen LogP contribution < -0.4 is 5.32 Å². The van der Waals surface area contributed by atoms with Gasteiger partial charge in [-0.05, 0) is 14.0 Å². The van der Waals surface area contributed by atoms with Crippen molar-refractivity contribution in [2.75, 3.05) is 20.6 Å². The van der Waals surface area contributed by atoms with Crippen molar-refractivity contribution in [1.82, 2.24) is 9.62 Å². The number of nitrogens with one attached hydrogen (secondary N) is 1. The van der Waals surface area contributed by atoms with Gasteiger partial charge in [0.1, 0.15) is 16.4 Å². The van der Waals surface area contributed by atoms with E-state index in [0.717, 1.165) is 0 Å².